The number of carbonyl (C=O) groups excluding carboxylic acids is 2. The van der Waals surface area contributed by atoms with E-state index in [0.717, 1.165) is 76.8 Å². The fraction of sp³-hybridized carbons (Fsp3) is 0.953. The van der Waals surface area contributed by atoms with Gasteiger partial charge in [-0.1, -0.05) is 163 Å². The van der Waals surface area contributed by atoms with E-state index >= 15 is 0 Å². The molecule has 286 valence electrons. The smallest absolute Gasteiger partial charge is 0.465 e. The summed E-state index contributed by atoms with van der Waals surface area (Å²) in [5, 5.41) is 3.59. The maximum Gasteiger partial charge on any atom is 0.482 e. The zero-order valence-electron chi connectivity index (χ0n) is 33.2. The van der Waals surface area contributed by atoms with Crippen LogP contribution in [0.5, 0.6) is 0 Å². The summed E-state index contributed by atoms with van der Waals surface area (Å²) >= 11 is 0. The van der Waals surface area contributed by atoms with Crippen LogP contribution >= 0.6 is 0 Å². The lowest BCUT2D eigenvalue weighted by molar-refractivity contribution is -0.149. The molecule has 0 saturated carbocycles. The zero-order valence-corrected chi connectivity index (χ0v) is 33.2. The Morgan fingerprint density at radius 1 is 0.500 bits per heavy atom. The summed E-state index contributed by atoms with van der Waals surface area (Å²) in [6.45, 7) is 14.8. The maximum atomic E-state index is 12.8. The third-order valence-corrected chi connectivity index (χ3v) is 10.4. The molecule has 5 heteroatoms. The predicted octanol–water partition coefficient (Wildman–Crippen LogP) is 12.9. The lowest BCUT2D eigenvalue weighted by atomic mass is 9.80. The number of unbranched alkanes of at least 4 members (excludes halogenated alkanes) is 16. The van der Waals surface area contributed by atoms with Gasteiger partial charge in [0.15, 0.2) is 6.61 Å². The molecule has 0 bridgehead atoms. The SMILES string of the molecule is CCCCCCCC(CCCCCC)C(=O)OCCCCCCNCCCCCCOC(=[OH+])CCC(CCCC)C(CC)CCCCC. The minimum Gasteiger partial charge on any atom is -0.465 e. The molecule has 2 N–H and O–H groups in total. The fourth-order valence-corrected chi connectivity index (χ4v) is 7.10. The Bertz CT molecular complexity index is 684. The van der Waals surface area contributed by atoms with E-state index in [4.69, 9.17) is 9.47 Å². The van der Waals surface area contributed by atoms with E-state index in [2.05, 4.69) is 39.9 Å². The molecule has 3 atom stereocenters. The number of rotatable bonds is 38. The van der Waals surface area contributed by atoms with E-state index < -0.39 is 0 Å². The Morgan fingerprint density at radius 2 is 0.958 bits per heavy atom. The van der Waals surface area contributed by atoms with Crippen LogP contribution in [0.15, 0.2) is 0 Å². The second kappa shape index (κ2) is 37.2. The first kappa shape index (κ1) is 46.9. The number of nitrogens with one attached hydrogen (secondary N) is 1. The third kappa shape index (κ3) is 29.8. The van der Waals surface area contributed by atoms with Crippen LogP contribution in [0, 0.1) is 17.8 Å². The van der Waals surface area contributed by atoms with Crippen molar-refractivity contribution in [2.24, 2.45) is 17.8 Å². The molecule has 48 heavy (non-hydrogen) atoms. The third-order valence-electron chi connectivity index (χ3n) is 10.4. The van der Waals surface area contributed by atoms with Crippen molar-refractivity contribution < 1.29 is 19.1 Å². The number of ether oxygens (including phenoxy) is 2. The van der Waals surface area contributed by atoms with E-state index in [9.17, 15) is 9.59 Å². The molecule has 0 radical (unpaired) electrons. The highest BCUT2D eigenvalue weighted by atomic mass is 16.5. The van der Waals surface area contributed by atoms with Gasteiger partial charge >= 0.3 is 11.9 Å². The molecule has 0 fully saturated rings. The second-order valence-corrected chi connectivity index (χ2v) is 14.8. The van der Waals surface area contributed by atoms with Gasteiger partial charge < -0.3 is 19.6 Å². The first-order valence-corrected chi connectivity index (χ1v) is 21.6. The second-order valence-electron chi connectivity index (χ2n) is 14.8. The van der Waals surface area contributed by atoms with Gasteiger partial charge in [0.25, 0.3) is 0 Å². The molecule has 0 amide bonds. The van der Waals surface area contributed by atoms with Crippen LogP contribution in [0.2, 0.25) is 0 Å². The molecule has 0 rings (SSSR count). The van der Waals surface area contributed by atoms with Gasteiger partial charge in [-0.25, -0.2) is 0 Å². The summed E-state index contributed by atoms with van der Waals surface area (Å²) in [5.41, 5.74) is 0. The molecule has 3 unspecified atom stereocenters. The largest absolute Gasteiger partial charge is 0.482 e. The molecule has 0 aliphatic carbocycles. The van der Waals surface area contributed by atoms with Crippen molar-refractivity contribution in [1.29, 1.82) is 0 Å². The highest BCUT2D eigenvalue weighted by Crippen LogP contribution is 2.31. The van der Waals surface area contributed by atoms with Gasteiger partial charge in [0.05, 0.1) is 12.5 Å². The van der Waals surface area contributed by atoms with Crippen molar-refractivity contribution in [2.75, 3.05) is 26.3 Å². The summed E-state index contributed by atoms with van der Waals surface area (Å²) in [5.74, 6) is 1.94. The Hall–Kier alpha value is -1.10. The van der Waals surface area contributed by atoms with Gasteiger partial charge in [0.2, 0.25) is 0 Å². The van der Waals surface area contributed by atoms with Crippen LogP contribution in [0.1, 0.15) is 221 Å². The van der Waals surface area contributed by atoms with Gasteiger partial charge in [-0.2, -0.15) is 0 Å². The molecule has 0 aromatic rings. The Morgan fingerprint density at radius 3 is 1.54 bits per heavy atom. The number of carbonyl (C=O) groups is 1. The highest BCUT2D eigenvalue weighted by Gasteiger charge is 2.23. The average Bonchev–Trinajstić information content (AvgIpc) is 3.09. The van der Waals surface area contributed by atoms with Crippen LogP contribution in [-0.4, -0.2) is 43.0 Å². The maximum absolute atomic E-state index is 12.8. The van der Waals surface area contributed by atoms with E-state index in [1.807, 2.05) is 0 Å². The first-order chi connectivity index (χ1) is 23.5. The standard InChI is InChI=1S/C43H85NO4/c1-6-11-15-17-24-32-41(31-23-16-12-7-2)43(46)48-38-28-21-19-26-36-44-35-25-18-20-27-37-47-42(45)34-33-40(29-14-9-4)39(10-5)30-22-13-8-3/h39-41,44H,6-38H2,1-5H3/p+1. The minimum absolute atomic E-state index is 0.0645. The molecule has 0 heterocycles. The monoisotopic (exact) mass is 681 g/mol. The van der Waals surface area contributed by atoms with Gasteiger partial charge in [-0.15, -0.1) is 0 Å². The molecule has 0 aromatic carbocycles. The molecule has 0 aromatic heterocycles. The minimum atomic E-state index is 0.0645. The van der Waals surface area contributed by atoms with Crippen molar-refractivity contribution in [1.82, 2.24) is 5.32 Å². The van der Waals surface area contributed by atoms with Crippen molar-refractivity contribution >= 4 is 11.9 Å². The molecule has 0 aliphatic heterocycles. The topological polar surface area (TPSA) is 69.0 Å². The van der Waals surface area contributed by atoms with Gasteiger partial charge in [0, 0.05) is 6.42 Å². The van der Waals surface area contributed by atoms with Crippen molar-refractivity contribution in [3.8, 4) is 0 Å². The average molecular weight is 681 g/mol. The normalized spacial score (nSPS) is 13.4. The quantitative estimate of drug-likeness (QED) is 0.0400. The summed E-state index contributed by atoms with van der Waals surface area (Å²) in [6, 6.07) is 0. The summed E-state index contributed by atoms with van der Waals surface area (Å²) in [6.07, 6.45) is 34.4. The number of hydrogen-bond donors (Lipinski definition) is 1. The Kier molecular flexibility index (Phi) is 36.3. The number of esters is 2. The van der Waals surface area contributed by atoms with E-state index in [1.54, 1.807) is 0 Å². The Balaban J connectivity index is 3.83. The zero-order chi connectivity index (χ0) is 35.3. The molecule has 0 aliphatic rings. The molecule has 0 spiro atoms. The molecule has 5 nitrogen and oxygen atoms in total. The van der Waals surface area contributed by atoms with Gasteiger partial charge in [-0.05, 0) is 69.9 Å². The van der Waals surface area contributed by atoms with Gasteiger partial charge in [0.1, 0.15) is 6.42 Å². The fourth-order valence-electron chi connectivity index (χ4n) is 7.10. The van der Waals surface area contributed by atoms with Gasteiger partial charge in [-0.3, -0.25) is 4.79 Å². The van der Waals surface area contributed by atoms with Crippen molar-refractivity contribution in [3.05, 3.63) is 0 Å². The van der Waals surface area contributed by atoms with Crippen LogP contribution in [0.3, 0.4) is 0 Å². The predicted molar refractivity (Wildman–Crippen MR) is 209 cm³/mol. The van der Waals surface area contributed by atoms with Crippen molar-refractivity contribution in [2.45, 2.75) is 221 Å². The van der Waals surface area contributed by atoms with E-state index in [1.165, 1.54) is 122 Å². The molecule has 0 saturated heterocycles. The van der Waals surface area contributed by atoms with E-state index in [-0.39, 0.29) is 17.9 Å². The summed E-state index contributed by atoms with van der Waals surface area (Å²) in [7, 11) is 0. The van der Waals surface area contributed by atoms with Crippen molar-refractivity contribution in [3.63, 3.8) is 0 Å². The van der Waals surface area contributed by atoms with Crippen LogP contribution < -0.4 is 5.32 Å². The van der Waals surface area contributed by atoms with Crippen LogP contribution in [0.25, 0.3) is 0 Å². The lowest BCUT2D eigenvalue weighted by Crippen LogP contribution is -2.19. The summed E-state index contributed by atoms with van der Waals surface area (Å²) < 4.78 is 11.4. The molecular weight excluding hydrogens is 594 g/mol. The van der Waals surface area contributed by atoms with Crippen LogP contribution in [0.4, 0.5) is 0 Å². The summed E-state index contributed by atoms with van der Waals surface area (Å²) in [4.78, 5) is 23.2. The Labute approximate surface area is 300 Å². The lowest BCUT2D eigenvalue weighted by Gasteiger charge is -2.26. The van der Waals surface area contributed by atoms with Crippen LogP contribution in [-0.2, 0) is 14.3 Å². The first-order valence-electron chi connectivity index (χ1n) is 21.6. The number of hydrogen-bond acceptors (Lipinski definition) is 4. The molecular formula is C43H86NO4+. The van der Waals surface area contributed by atoms with E-state index in [0.29, 0.717) is 25.6 Å². The highest BCUT2D eigenvalue weighted by molar-refractivity contribution is 5.72.